The lowest BCUT2D eigenvalue weighted by Gasteiger charge is -2.12. The van der Waals surface area contributed by atoms with E-state index in [2.05, 4.69) is 10.6 Å². The number of hydrogen-bond acceptors (Lipinski definition) is 3. The van der Waals surface area contributed by atoms with Gasteiger partial charge in [-0.2, -0.15) is 13.2 Å². The first-order valence-electron chi connectivity index (χ1n) is 8.35. The van der Waals surface area contributed by atoms with Crippen LogP contribution in [-0.2, 0) is 17.6 Å². The highest BCUT2D eigenvalue weighted by molar-refractivity contribution is 5.95. The Kier molecular flexibility index (Phi) is 7.10. The van der Waals surface area contributed by atoms with E-state index in [0.717, 1.165) is 31.5 Å². The van der Waals surface area contributed by atoms with Gasteiger partial charge in [0, 0.05) is 5.69 Å². The number of carbonyl (C=O) groups is 1. The van der Waals surface area contributed by atoms with E-state index in [1.807, 2.05) is 0 Å². The minimum absolute atomic E-state index is 0. The van der Waals surface area contributed by atoms with Crippen molar-refractivity contribution in [2.75, 3.05) is 11.9 Å². The van der Waals surface area contributed by atoms with Gasteiger partial charge in [-0.25, -0.2) is 0 Å². The number of ether oxygens (including phenoxy) is 1. The molecule has 3 rings (SSSR count). The topological polar surface area (TPSA) is 50.4 Å². The van der Waals surface area contributed by atoms with Gasteiger partial charge in [-0.1, -0.05) is 12.1 Å². The average Bonchev–Trinajstić information content (AvgIpc) is 3.15. The minimum Gasteiger partial charge on any atom is -0.489 e. The van der Waals surface area contributed by atoms with Crippen LogP contribution in [0.3, 0.4) is 0 Å². The van der Waals surface area contributed by atoms with Crippen molar-refractivity contribution in [3.8, 4) is 5.75 Å². The molecular weight excluding hydrogens is 381 g/mol. The first-order valence-corrected chi connectivity index (χ1v) is 8.35. The van der Waals surface area contributed by atoms with Crippen molar-refractivity contribution in [2.24, 2.45) is 0 Å². The normalized spacial score (nSPS) is 16.5. The first-order chi connectivity index (χ1) is 12.4. The van der Waals surface area contributed by atoms with Gasteiger partial charge in [0.2, 0.25) is 5.91 Å². The lowest BCUT2D eigenvalue weighted by Crippen LogP contribution is -2.35. The predicted molar refractivity (Wildman–Crippen MR) is 99.1 cm³/mol. The fraction of sp³-hybridized carbons (Fsp3) is 0.316. The zero-order valence-electron chi connectivity index (χ0n) is 14.4. The van der Waals surface area contributed by atoms with Crippen LogP contribution in [0.15, 0.2) is 48.5 Å². The summed E-state index contributed by atoms with van der Waals surface area (Å²) in [5, 5.41) is 5.95. The molecule has 1 saturated heterocycles. The Balaban J connectivity index is 0.00000261. The highest BCUT2D eigenvalue weighted by atomic mass is 35.5. The largest absolute Gasteiger partial charge is 0.489 e. The summed E-state index contributed by atoms with van der Waals surface area (Å²) < 4.78 is 43.7. The molecular formula is C19H20ClF3N2O2. The van der Waals surface area contributed by atoms with E-state index in [4.69, 9.17) is 4.74 Å². The van der Waals surface area contributed by atoms with Gasteiger partial charge in [-0.05, 0) is 61.3 Å². The van der Waals surface area contributed by atoms with Gasteiger partial charge in [0.15, 0.2) is 0 Å². The maximum absolute atomic E-state index is 12.7. The Labute approximate surface area is 161 Å². The van der Waals surface area contributed by atoms with Crippen LogP contribution in [-0.4, -0.2) is 18.5 Å². The van der Waals surface area contributed by atoms with Gasteiger partial charge in [-0.3, -0.25) is 4.79 Å². The average molecular weight is 401 g/mol. The monoisotopic (exact) mass is 400 g/mol. The summed E-state index contributed by atoms with van der Waals surface area (Å²) in [5.41, 5.74) is 0.386. The van der Waals surface area contributed by atoms with E-state index in [1.54, 1.807) is 30.3 Å². The smallest absolute Gasteiger partial charge is 0.416 e. The molecule has 1 aliphatic heterocycles. The maximum Gasteiger partial charge on any atom is 0.416 e. The Hall–Kier alpha value is -2.25. The van der Waals surface area contributed by atoms with E-state index in [0.29, 0.717) is 17.0 Å². The molecule has 1 unspecified atom stereocenters. The molecule has 4 nitrogen and oxygen atoms in total. The van der Waals surface area contributed by atoms with Crippen LogP contribution in [0.2, 0.25) is 0 Å². The second-order valence-electron chi connectivity index (χ2n) is 6.15. The fourth-order valence-electron chi connectivity index (χ4n) is 2.78. The maximum atomic E-state index is 12.7. The van der Waals surface area contributed by atoms with Crippen LogP contribution in [0.5, 0.6) is 5.75 Å². The van der Waals surface area contributed by atoms with Crippen molar-refractivity contribution in [1.29, 1.82) is 0 Å². The molecule has 27 heavy (non-hydrogen) atoms. The summed E-state index contributed by atoms with van der Waals surface area (Å²) in [5.74, 6) is 0.444. The minimum atomic E-state index is -4.37. The number of halogens is 4. The molecule has 0 radical (unpaired) electrons. The number of anilines is 1. The summed E-state index contributed by atoms with van der Waals surface area (Å²) in [4.78, 5) is 12.0. The number of nitrogens with one attached hydrogen (secondary N) is 2. The molecule has 1 heterocycles. The SMILES string of the molecule is Cl.O=C(Nc1ccc(OCc2cccc(C(F)(F)F)c2)cc1)C1CCCN1. The predicted octanol–water partition coefficient (Wildman–Crippen LogP) is 4.40. The van der Waals surface area contributed by atoms with Crippen LogP contribution < -0.4 is 15.4 Å². The third-order valence-electron chi connectivity index (χ3n) is 4.16. The van der Waals surface area contributed by atoms with Gasteiger partial charge in [-0.15, -0.1) is 12.4 Å². The molecule has 2 N–H and O–H groups in total. The van der Waals surface area contributed by atoms with Gasteiger partial charge < -0.3 is 15.4 Å². The first kappa shape index (κ1) is 21.1. The summed E-state index contributed by atoms with van der Waals surface area (Å²) in [7, 11) is 0. The Morgan fingerprint density at radius 1 is 1.19 bits per heavy atom. The Morgan fingerprint density at radius 3 is 2.56 bits per heavy atom. The molecule has 2 aromatic carbocycles. The van der Waals surface area contributed by atoms with Crippen LogP contribution in [0.25, 0.3) is 0 Å². The number of benzene rings is 2. The molecule has 1 atom stereocenters. The van der Waals surface area contributed by atoms with Crippen LogP contribution in [0.1, 0.15) is 24.0 Å². The lowest BCUT2D eigenvalue weighted by molar-refractivity contribution is -0.137. The van der Waals surface area contributed by atoms with E-state index in [1.165, 1.54) is 6.07 Å². The molecule has 2 aromatic rings. The van der Waals surface area contributed by atoms with Gasteiger partial charge in [0.05, 0.1) is 11.6 Å². The molecule has 146 valence electrons. The van der Waals surface area contributed by atoms with Gasteiger partial charge in [0.25, 0.3) is 0 Å². The van der Waals surface area contributed by atoms with Crippen LogP contribution in [0.4, 0.5) is 18.9 Å². The summed E-state index contributed by atoms with van der Waals surface area (Å²) in [6.45, 7) is 0.877. The number of carbonyl (C=O) groups excluding carboxylic acids is 1. The highest BCUT2D eigenvalue weighted by Crippen LogP contribution is 2.29. The van der Waals surface area contributed by atoms with Crippen molar-refractivity contribution < 1.29 is 22.7 Å². The zero-order chi connectivity index (χ0) is 18.6. The van der Waals surface area contributed by atoms with Crippen molar-refractivity contribution in [3.05, 3.63) is 59.7 Å². The Bertz CT molecular complexity index is 760. The van der Waals surface area contributed by atoms with Crippen LogP contribution >= 0.6 is 12.4 Å². The molecule has 1 amide bonds. The molecule has 1 fully saturated rings. The van der Waals surface area contributed by atoms with Crippen molar-refractivity contribution in [3.63, 3.8) is 0 Å². The second kappa shape index (κ2) is 9.10. The van der Waals surface area contributed by atoms with Crippen molar-refractivity contribution >= 4 is 24.0 Å². The lowest BCUT2D eigenvalue weighted by atomic mass is 10.1. The van der Waals surface area contributed by atoms with E-state index in [-0.39, 0.29) is 31.0 Å². The second-order valence-corrected chi connectivity index (χ2v) is 6.15. The molecule has 0 aliphatic carbocycles. The highest BCUT2D eigenvalue weighted by Gasteiger charge is 2.30. The quantitative estimate of drug-likeness (QED) is 0.782. The van der Waals surface area contributed by atoms with E-state index >= 15 is 0 Å². The van der Waals surface area contributed by atoms with Crippen LogP contribution in [0, 0.1) is 0 Å². The van der Waals surface area contributed by atoms with E-state index < -0.39 is 11.7 Å². The zero-order valence-corrected chi connectivity index (χ0v) is 15.2. The van der Waals surface area contributed by atoms with Gasteiger partial charge >= 0.3 is 6.18 Å². The molecule has 0 saturated carbocycles. The van der Waals surface area contributed by atoms with Gasteiger partial charge in [0.1, 0.15) is 12.4 Å². The summed E-state index contributed by atoms with van der Waals surface area (Å²) in [6.07, 6.45) is -2.56. The third kappa shape index (κ3) is 5.87. The third-order valence-corrected chi connectivity index (χ3v) is 4.16. The Morgan fingerprint density at radius 2 is 1.93 bits per heavy atom. The number of alkyl halides is 3. The van der Waals surface area contributed by atoms with Crippen molar-refractivity contribution in [2.45, 2.75) is 31.7 Å². The van der Waals surface area contributed by atoms with Crippen molar-refractivity contribution in [1.82, 2.24) is 5.32 Å². The molecule has 8 heteroatoms. The fourth-order valence-corrected chi connectivity index (χ4v) is 2.78. The number of rotatable bonds is 5. The summed E-state index contributed by atoms with van der Waals surface area (Å²) >= 11 is 0. The molecule has 1 aliphatic rings. The summed E-state index contributed by atoms with van der Waals surface area (Å²) in [6, 6.07) is 11.6. The molecule has 0 spiro atoms. The number of amides is 1. The number of hydrogen-bond donors (Lipinski definition) is 2. The molecule has 0 aromatic heterocycles. The standard InChI is InChI=1S/C19H19F3N2O2.ClH/c20-19(21,22)14-4-1-3-13(11-14)12-26-16-8-6-15(7-9-16)24-18(25)17-5-2-10-23-17;/h1,3-4,6-9,11,17,23H,2,5,10,12H2,(H,24,25);1H. The van der Waals surface area contributed by atoms with E-state index in [9.17, 15) is 18.0 Å². The molecule has 0 bridgehead atoms.